The minimum atomic E-state index is -0.0922. The van der Waals surface area contributed by atoms with E-state index in [1.54, 1.807) is 0 Å². The predicted molar refractivity (Wildman–Crippen MR) is 55.6 cm³/mol. The van der Waals surface area contributed by atoms with Crippen molar-refractivity contribution in [2.45, 2.75) is 37.5 Å². The molecule has 0 aliphatic heterocycles. The molecule has 3 nitrogen and oxygen atoms in total. The van der Waals surface area contributed by atoms with Gasteiger partial charge in [-0.3, -0.25) is 4.79 Å². The van der Waals surface area contributed by atoms with Crippen LogP contribution in [-0.2, 0) is 11.3 Å². The minimum Gasteiger partial charge on any atom is -0.310 e. The van der Waals surface area contributed by atoms with Crippen LogP contribution in [0.5, 0.6) is 0 Å². The molecular formula is C10H13ClN2O. The Kier molecular flexibility index (Phi) is 2.35. The quantitative estimate of drug-likeness (QED) is 0.779. The lowest BCUT2D eigenvalue weighted by molar-refractivity contribution is 0.607. The van der Waals surface area contributed by atoms with Crippen molar-refractivity contribution in [1.29, 1.82) is 0 Å². The van der Waals surface area contributed by atoms with Gasteiger partial charge in [-0.1, -0.05) is 6.92 Å². The fourth-order valence-corrected chi connectivity index (χ4v) is 1.87. The van der Waals surface area contributed by atoms with E-state index in [1.165, 1.54) is 6.07 Å². The van der Waals surface area contributed by atoms with Crippen molar-refractivity contribution in [3.63, 3.8) is 0 Å². The molecule has 1 N–H and O–H groups in total. The van der Waals surface area contributed by atoms with Gasteiger partial charge in [0, 0.05) is 11.5 Å². The number of nitrogens with zero attached hydrogens (tertiary/aromatic N) is 1. The van der Waals surface area contributed by atoms with Crippen LogP contribution < -0.4 is 5.56 Å². The maximum Gasteiger partial charge on any atom is 0.251 e. The number of alkyl halides is 1. The van der Waals surface area contributed by atoms with Crippen molar-refractivity contribution in [1.82, 2.24) is 9.97 Å². The average molecular weight is 213 g/mol. The smallest absolute Gasteiger partial charge is 0.251 e. The summed E-state index contributed by atoms with van der Waals surface area (Å²) in [5, 5.41) is 0. The second kappa shape index (κ2) is 3.39. The number of hydrogen-bond donors (Lipinski definition) is 1. The highest BCUT2D eigenvalue weighted by atomic mass is 35.5. The van der Waals surface area contributed by atoms with Gasteiger partial charge in [0.2, 0.25) is 0 Å². The molecule has 0 unspecified atom stereocenters. The molecule has 4 heteroatoms. The molecule has 0 amide bonds. The molecule has 1 heterocycles. The Balaban J connectivity index is 2.43. The predicted octanol–water partition coefficient (Wildman–Crippen LogP) is 1.95. The molecule has 0 atom stereocenters. The van der Waals surface area contributed by atoms with Gasteiger partial charge in [0.1, 0.15) is 5.82 Å². The number of halogens is 1. The van der Waals surface area contributed by atoms with Crippen molar-refractivity contribution in [3.8, 4) is 0 Å². The summed E-state index contributed by atoms with van der Waals surface area (Å²) in [6, 6.07) is 1.46. The second-order valence-electron chi connectivity index (χ2n) is 3.85. The average Bonchev–Trinajstić information content (AvgIpc) is 2.97. The first-order chi connectivity index (χ1) is 6.70. The van der Waals surface area contributed by atoms with Crippen molar-refractivity contribution in [2.24, 2.45) is 0 Å². The summed E-state index contributed by atoms with van der Waals surface area (Å²) in [6.45, 7) is 2.13. The third-order valence-electron chi connectivity index (χ3n) is 2.96. The van der Waals surface area contributed by atoms with Crippen LogP contribution in [0.4, 0.5) is 0 Å². The van der Waals surface area contributed by atoms with Gasteiger partial charge in [0.05, 0.1) is 11.6 Å². The van der Waals surface area contributed by atoms with E-state index in [9.17, 15) is 4.79 Å². The summed E-state index contributed by atoms with van der Waals surface area (Å²) in [5.41, 5.74) is 0.719. The standard InChI is InChI=1S/C10H13ClN2O/c1-2-10(3-4-10)9-12-7(6-11)5-8(14)13-9/h5H,2-4,6H2,1H3,(H,12,13,14). The lowest BCUT2D eigenvalue weighted by Gasteiger charge is -2.11. The summed E-state index contributed by atoms with van der Waals surface area (Å²) in [7, 11) is 0. The lowest BCUT2D eigenvalue weighted by atomic mass is 10.0. The largest absolute Gasteiger partial charge is 0.310 e. The number of aromatic amines is 1. The van der Waals surface area contributed by atoms with Crippen LogP contribution in [0.1, 0.15) is 37.7 Å². The first kappa shape index (κ1) is 9.71. The van der Waals surface area contributed by atoms with E-state index < -0.39 is 0 Å². The first-order valence-corrected chi connectivity index (χ1v) is 5.40. The van der Waals surface area contributed by atoms with E-state index in [0.29, 0.717) is 11.6 Å². The maximum atomic E-state index is 11.3. The molecular weight excluding hydrogens is 200 g/mol. The number of nitrogens with one attached hydrogen (secondary N) is 1. The fourth-order valence-electron chi connectivity index (χ4n) is 1.74. The zero-order valence-corrected chi connectivity index (χ0v) is 8.90. The van der Waals surface area contributed by atoms with Crippen LogP contribution >= 0.6 is 11.6 Å². The molecule has 1 saturated carbocycles. The Labute approximate surface area is 87.5 Å². The molecule has 14 heavy (non-hydrogen) atoms. The Morgan fingerprint density at radius 1 is 1.64 bits per heavy atom. The van der Waals surface area contributed by atoms with Crippen molar-refractivity contribution >= 4 is 11.6 Å². The van der Waals surface area contributed by atoms with Gasteiger partial charge in [-0.25, -0.2) is 4.98 Å². The van der Waals surface area contributed by atoms with Gasteiger partial charge >= 0.3 is 0 Å². The SMILES string of the molecule is CCC1(c2nc(CCl)cc(=O)[nH]2)CC1. The molecule has 0 aromatic carbocycles. The molecule has 0 saturated heterocycles. The topological polar surface area (TPSA) is 45.8 Å². The molecule has 1 aliphatic carbocycles. The van der Waals surface area contributed by atoms with Gasteiger partial charge in [0.15, 0.2) is 0 Å². The summed E-state index contributed by atoms with van der Waals surface area (Å²) in [6.07, 6.45) is 3.28. The van der Waals surface area contributed by atoms with Crippen molar-refractivity contribution < 1.29 is 0 Å². The second-order valence-corrected chi connectivity index (χ2v) is 4.12. The molecule has 0 bridgehead atoms. The van der Waals surface area contributed by atoms with E-state index in [4.69, 9.17) is 11.6 Å². The summed E-state index contributed by atoms with van der Waals surface area (Å²) in [4.78, 5) is 18.5. The molecule has 1 aliphatic rings. The van der Waals surface area contributed by atoms with Crippen LogP contribution in [0.15, 0.2) is 10.9 Å². The Morgan fingerprint density at radius 3 is 2.86 bits per heavy atom. The van der Waals surface area contributed by atoms with Gasteiger partial charge in [-0.15, -0.1) is 11.6 Å². The molecule has 1 fully saturated rings. The third-order valence-corrected chi connectivity index (χ3v) is 3.24. The van der Waals surface area contributed by atoms with Gasteiger partial charge in [-0.2, -0.15) is 0 Å². The third kappa shape index (κ3) is 1.57. The Bertz CT molecular complexity index is 395. The summed E-state index contributed by atoms with van der Waals surface area (Å²) in [5.74, 6) is 1.12. The number of H-pyrrole nitrogens is 1. The number of hydrogen-bond acceptors (Lipinski definition) is 2. The molecule has 0 radical (unpaired) electrons. The maximum absolute atomic E-state index is 11.3. The molecule has 2 rings (SSSR count). The van der Waals surface area contributed by atoms with Gasteiger partial charge in [0.25, 0.3) is 5.56 Å². The molecule has 0 spiro atoms. The lowest BCUT2D eigenvalue weighted by Crippen LogP contribution is -2.19. The number of rotatable bonds is 3. The Morgan fingerprint density at radius 2 is 2.36 bits per heavy atom. The van der Waals surface area contributed by atoms with E-state index in [-0.39, 0.29) is 11.0 Å². The van der Waals surface area contributed by atoms with Gasteiger partial charge in [-0.05, 0) is 19.3 Å². The monoisotopic (exact) mass is 212 g/mol. The zero-order chi connectivity index (χ0) is 10.2. The summed E-state index contributed by atoms with van der Waals surface area (Å²) >= 11 is 5.67. The first-order valence-electron chi connectivity index (χ1n) is 4.87. The van der Waals surface area contributed by atoms with Crippen molar-refractivity contribution in [3.05, 3.63) is 27.9 Å². The van der Waals surface area contributed by atoms with E-state index in [0.717, 1.165) is 25.1 Å². The minimum absolute atomic E-state index is 0.0922. The fraction of sp³-hybridized carbons (Fsp3) is 0.600. The zero-order valence-electron chi connectivity index (χ0n) is 8.14. The van der Waals surface area contributed by atoms with Crippen LogP contribution in [0.2, 0.25) is 0 Å². The molecule has 76 valence electrons. The Hall–Kier alpha value is -0.830. The van der Waals surface area contributed by atoms with E-state index in [2.05, 4.69) is 16.9 Å². The highest BCUT2D eigenvalue weighted by Crippen LogP contribution is 2.48. The van der Waals surface area contributed by atoms with Crippen LogP contribution in [0, 0.1) is 0 Å². The van der Waals surface area contributed by atoms with Crippen LogP contribution in [0.25, 0.3) is 0 Å². The van der Waals surface area contributed by atoms with Crippen molar-refractivity contribution in [2.75, 3.05) is 0 Å². The molecule has 1 aromatic rings. The van der Waals surface area contributed by atoms with E-state index in [1.807, 2.05) is 0 Å². The van der Waals surface area contributed by atoms with Crippen LogP contribution in [-0.4, -0.2) is 9.97 Å². The normalized spacial score (nSPS) is 18.1. The summed E-state index contributed by atoms with van der Waals surface area (Å²) < 4.78 is 0. The van der Waals surface area contributed by atoms with Crippen LogP contribution in [0.3, 0.4) is 0 Å². The highest BCUT2D eigenvalue weighted by molar-refractivity contribution is 6.16. The molecule has 1 aromatic heterocycles. The highest BCUT2D eigenvalue weighted by Gasteiger charge is 2.44. The number of aromatic nitrogens is 2. The van der Waals surface area contributed by atoms with E-state index >= 15 is 0 Å². The van der Waals surface area contributed by atoms with Gasteiger partial charge < -0.3 is 4.98 Å².